The molecule has 19 heavy (non-hydrogen) atoms. The Bertz CT molecular complexity index is 386. The highest BCUT2D eigenvalue weighted by atomic mass is 35.5. The lowest BCUT2D eigenvalue weighted by molar-refractivity contribution is 0.545. The van der Waals surface area contributed by atoms with Gasteiger partial charge in [-0.25, -0.2) is 4.39 Å². The quantitative estimate of drug-likeness (QED) is 0.757. The smallest absolute Gasteiger partial charge is 0.145 e. The number of hydrogen-bond donors (Lipinski definition) is 1. The highest BCUT2D eigenvalue weighted by Crippen LogP contribution is 2.21. The van der Waals surface area contributed by atoms with Crippen molar-refractivity contribution < 1.29 is 4.39 Å². The van der Waals surface area contributed by atoms with Crippen molar-refractivity contribution in [3.05, 3.63) is 34.6 Å². The van der Waals surface area contributed by atoms with Crippen molar-refractivity contribution in [2.24, 2.45) is 0 Å². The zero-order chi connectivity index (χ0) is 14.3. The van der Waals surface area contributed by atoms with Crippen LogP contribution in [0.4, 0.5) is 4.39 Å². The summed E-state index contributed by atoms with van der Waals surface area (Å²) in [5.74, 6) is 0.718. The zero-order valence-electron chi connectivity index (χ0n) is 11.9. The topological polar surface area (TPSA) is 12.0 Å². The highest BCUT2D eigenvalue weighted by Gasteiger charge is 2.14. The van der Waals surface area contributed by atoms with Gasteiger partial charge in [0.25, 0.3) is 0 Å². The van der Waals surface area contributed by atoms with Crippen molar-refractivity contribution in [2.75, 3.05) is 12.3 Å². The fraction of sp³-hybridized carbons (Fsp3) is 0.600. The van der Waals surface area contributed by atoms with Crippen molar-refractivity contribution in [3.8, 4) is 0 Å². The number of hydrogen-bond acceptors (Lipinski definition) is 2. The lowest BCUT2D eigenvalue weighted by atomic mass is 10.1. The van der Waals surface area contributed by atoms with Crippen LogP contribution in [0.25, 0.3) is 0 Å². The number of likely N-dealkylation sites (N-methyl/N-ethyl adjacent to an activating group) is 1. The molecule has 0 spiro atoms. The van der Waals surface area contributed by atoms with Gasteiger partial charge in [0.05, 0.1) is 5.02 Å². The number of halogens is 2. The maximum Gasteiger partial charge on any atom is 0.145 e. The molecule has 4 heteroatoms. The Kier molecular flexibility index (Phi) is 7.81. The summed E-state index contributed by atoms with van der Waals surface area (Å²) >= 11 is 7.76. The van der Waals surface area contributed by atoms with Crippen LogP contribution in [0.5, 0.6) is 0 Å². The molecule has 0 aliphatic heterocycles. The van der Waals surface area contributed by atoms with E-state index in [9.17, 15) is 4.39 Å². The van der Waals surface area contributed by atoms with Gasteiger partial charge in [-0.15, -0.1) is 0 Å². The predicted molar refractivity (Wildman–Crippen MR) is 84.8 cm³/mol. The molecule has 0 aromatic heterocycles. The van der Waals surface area contributed by atoms with Gasteiger partial charge in [0.15, 0.2) is 0 Å². The van der Waals surface area contributed by atoms with Crippen LogP contribution in [0.3, 0.4) is 0 Å². The van der Waals surface area contributed by atoms with Gasteiger partial charge in [0.2, 0.25) is 0 Å². The van der Waals surface area contributed by atoms with Crippen LogP contribution in [0.2, 0.25) is 5.02 Å². The minimum atomic E-state index is -0.277. The lowest BCUT2D eigenvalue weighted by Crippen LogP contribution is -2.34. The van der Waals surface area contributed by atoms with Gasteiger partial charge in [0.1, 0.15) is 5.82 Å². The average Bonchev–Trinajstić information content (AvgIpc) is 2.41. The Hall–Kier alpha value is -0.250. The molecule has 0 fully saturated rings. The molecule has 1 rings (SSSR count). The molecule has 1 N–H and O–H groups in total. The van der Waals surface area contributed by atoms with E-state index < -0.39 is 0 Å². The molecule has 0 radical (unpaired) electrons. The van der Waals surface area contributed by atoms with Gasteiger partial charge in [-0.1, -0.05) is 44.5 Å². The molecule has 0 amide bonds. The first-order chi connectivity index (χ1) is 9.08. The molecule has 108 valence electrons. The minimum absolute atomic E-state index is 0.210. The van der Waals surface area contributed by atoms with Crippen LogP contribution >= 0.6 is 23.4 Å². The SMILES string of the molecule is CCNC(CSC(C)CC)Cc1cccc(Cl)c1F. The summed E-state index contributed by atoms with van der Waals surface area (Å²) in [5.41, 5.74) is 0.697. The number of benzene rings is 1. The molecular weight excluding hydrogens is 281 g/mol. The van der Waals surface area contributed by atoms with E-state index in [-0.39, 0.29) is 16.9 Å². The molecule has 0 heterocycles. The fourth-order valence-electron chi connectivity index (χ4n) is 1.85. The monoisotopic (exact) mass is 303 g/mol. The maximum atomic E-state index is 13.9. The number of rotatable bonds is 8. The van der Waals surface area contributed by atoms with Crippen LogP contribution in [0.1, 0.15) is 32.8 Å². The van der Waals surface area contributed by atoms with Crippen molar-refractivity contribution in [1.82, 2.24) is 5.32 Å². The van der Waals surface area contributed by atoms with E-state index in [0.29, 0.717) is 17.2 Å². The van der Waals surface area contributed by atoms with E-state index in [4.69, 9.17) is 11.6 Å². The standard InChI is InChI=1S/C15H23ClFNS/c1-4-11(3)19-10-13(18-5-2)9-12-7-6-8-14(16)15(12)17/h6-8,11,13,18H,4-5,9-10H2,1-3H3. The average molecular weight is 304 g/mol. The first kappa shape index (κ1) is 16.8. The third-order valence-corrected chi connectivity index (χ3v) is 4.94. The van der Waals surface area contributed by atoms with Gasteiger partial charge in [-0.2, -0.15) is 11.8 Å². The molecule has 0 saturated carbocycles. The first-order valence-corrected chi connectivity index (χ1v) is 8.29. The molecule has 0 saturated heterocycles. The van der Waals surface area contributed by atoms with Crippen LogP contribution in [0, 0.1) is 5.82 Å². The van der Waals surface area contributed by atoms with Gasteiger partial charge in [-0.3, -0.25) is 0 Å². The third-order valence-electron chi connectivity index (χ3n) is 3.15. The highest BCUT2D eigenvalue weighted by molar-refractivity contribution is 7.99. The Morgan fingerprint density at radius 2 is 2.11 bits per heavy atom. The number of nitrogens with one attached hydrogen (secondary N) is 1. The van der Waals surface area contributed by atoms with Crippen LogP contribution < -0.4 is 5.32 Å². The summed E-state index contributed by atoms with van der Waals surface area (Å²) in [7, 11) is 0. The van der Waals surface area contributed by atoms with Crippen LogP contribution in [-0.4, -0.2) is 23.6 Å². The van der Waals surface area contributed by atoms with E-state index in [2.05, 4.69) is 26.1 Å². The lowest BCUT2D eigenvalue weighted by Gasteiger charge is -2.20. The third kappa shape index (κ3) is 5.72. The molecule has 0 bridgehead atoms. The fourth-order valence-corrected chi connectivity index (χ4v) is 3.07. The normalized spacial score (nSPS) is 14.4. The summed E-state index contributed by atoms with van der Waals surface area (Å²) in [6, 6.07) is 5.51. The molecule has 1 aromatic rings. The Morgan fingerprint density at radius 1 is 1.37 bits per heavy atom. The first-order valence-electron chi connectivity index (χ1n) is 6.86. The molecule has 1 aromatic carbocycles. The van der Waals surface area contributed by atoms with Crippen molar-refractivity contribution in [3.63, 3.8) is 0 Å². The maximum absolute atomic E-state index is 13.9. The summed E-state index contributed by atoms with van der Waals surface area (Å²) in [5, 5.41) is 4.28. The summed E-state index contributed by atoms with van der Waals surface area (Å²) in [6.45, 7) is 7.40. The summed E-state index contributed by atoms with van der Waals surface area (Å²) in [4.78, 5) is 0. The van der Waals surface area contributed by atoms with Gasteiger partial charge < -0.3 is 5.32 Å². The van der Waals surface area contributed by atoms with Crippen molar-refractivity contribution in [1.29, 1.82) is 0 Å². The molecule has 0 aliphatic rings. The second kappa shape index (κ2) is 8.83. The van der Waals surface area contributed by atoms with Crippen LogP contribution in [0.15, 0.2) is 18.2 Å². The minimum Gasteiger partial charge on any atom is -0.313 e. The van der Waals surface area contributed by atoms with E-state index in [1.807, 2.05) is 23.9 Å². The van der Waals surface area contributed by atoms with Gasteiger partial charge in [-0.05, 0) is 31.0 Å². The molecule has 0 aliphatic carbocycles. The molecule has 2 unspecified atom stereocenters. The van der Waals surface area contributed by atoms with Crippen molar-refractivity contribution in [2.45, 2.75) is 44.9 Å². The Morgan fingerprint density at radius 3 is 2.74 bits per heavy atom. The van der Waals surface area contributed by atoms with Gasteiger partial charge in [0, 0.05) is 17.0 Å². The summed E-state index contributed by atoms with van der Waals surface area (Å²) in [6.07, 6.45) is 1.85. The van der Waals surface area contributed by atoms with E-state index in [1.54, 1.807) is 6.07 Å². The number of thioether (sulfide) groups is 1. The molecule has 1 nitrogen and oxygen atoms in total. The predicted octanol–water partition coefficient (Wildman–Crippen LogP) is 4.53. The van der Waals surface area contributed by atoms with Gasteiger partial charge >= 0.3 is 0 Å². The molecular formula is C15H23ClFNS. The second-order valence-corrected chi connectivity index (χ2v) is 6.60. The van der Waals surface area contributed by atoms with E-state index in [1.165, 1.54) is 0 Å². The Balaban J connectivity index is 2.64. The van der Waals surface area contributed by atoms with Crippen LogP contribution in [-0.2, 0) is 6.42 Å². The zero-order valence-corrected chi connectivity index (χ0v) is 13.5. The molecule has 2 atom stereocenters. The second-order valence-electron chi connectivity index (χ2n) is 4.72. The Labute approximate surface area is 125 Å². The largest absolute Gasteiger partial charge is 0.313 e. The van der Waals surface area contributed by atoms with E-state index in [0.717, 1.165) is 18.7 Å². The van der Waals surface area contributed by atoms with Crippen molar-refractivity contribution >= 4 is 23.4 Å². The van der Waals surface area contributed by atoms with E-state index >= 15 is 0 Å². The summed E-state index contributed by atoms with van der Waals surface area (Å²) < 4.78 is 13.9.